The monoisotopic (exact) mass is 268 g/mol. The van der Waals surface area contributed by atoms with E-state index < -0.39 is 0 Å². The number of ether oxygens (including phenoxy) is 4. The van der Waals surface area contributed by atoms with Crippen molar-refractivity contribution in [1.82, 2.24) is 0 Å². The Balaban J connectivity index is -0.000000202. The zero-order valence-corrected chi connectivity index (χ0v) is 12.1. The maximum absolute atomic E-state index is 5.16. The summed E-state index contributed by atoms with van der Waals surface area (Å²) in [5.41, 5.74) is 0. The van der Waals surface area contributed by atoms with Gasteiger partial charge in [0, 0.05) is 14.2 Å². The van der Waals surface area contributed by atoms with Gasteiger partial charge in [0.15, 0.2) is 0 Å². The molecule has 5 heteroatoms. The van der Waals surface area contributed by atoms with Crippen molar-refractivity contribution < 1.29 is 21.8 Å². The smallest absolute Gasteiger partial charge is 1.00 e. The SMILES string of the molecule is COCCOCCOCCOC.[H-].[H-].[Sr+2]. The first-order valence-electron chi connectivity index (χ1n) is 4.05. The second kappa shape index (κ2) is 15.8. The Morgan fingerprint density at radius 1 is 0.692 bits per heavy atom. The molecule has 0 aromatic carbocycles. The van der Waals surface area contributed by atoms with Crippen LogP contribution in [0.5, 0.6) is 0 Å². The van der Waals surface area contributed by atoms with Gasteiger partial charge < -0.3 is 21.8 Å². The van der Waals surface area contributed by atoms with Gasteiger partial charge in [0.2, 0.25) is 0 Å². The fraction of sp³-hybridized carbons (Fsp3) is 1.00. The first kappa shape index (κ1) is 16.7. The first-order chi connectivity index (χ1) is 5.91. The zero-order chi connectivity index (χ0) is 9.07. The third-order valence-electron chi connectivity index (χ3n) is 1.24. The fourth-order valence-electron chi connectivity index (χ4n) is 0.606. The molecule has 0 saturated carbocycles. The maximum atomic E-state index is 5.16. The molecule has 0 heterocycles. The number of hydrogen-bond donors (Lipinski definition) is 0. The Morgan fingerprint density at radius 3 is 1.31 bits per heavy atom. The van der Waals surface area contributed by atoms with Crippen LogP contribution in [0.4, 0.5) is 0 Å². The van der Waals surface area contributed by atoms with Crippen molar-refractivity contribution in [3.05, 3.63) is 0 Å². The molecule has 0 spiro atoms. The van der Waals surface area contributed by atoms with Crippen LogP contribution in [0.2, 0.25) is 0 Å². The molecule has 0 unspecified atom stereocenters. The molecule has 0 radical (unpaired) electrons. The summed E-state index contributed by atoms with van der Waals surface area (Å²) in [4.78, 5) is 0. The van der Waals surface area contributed by atoms with Gasteiger partial charge in [-0.15, -0.1) is 0 Å². The van der Waals surface area contributed by atoms with Crippen molar-refractivity contribution in [3.8, 4) is 0 Å². The fourth-order valence-corrected chi connectivity index (χ4v) is 0.606. The van der Waals surface area contributed by atoms with E-state index in [0.717, 1.165) is 0 Å². The standard InChI is InChI=1S/C8H18O4.Sr.2H/c1-9-3-5-11-7-8-12-6-4-10-2;;;/h3-8H2,1-2H3;;;/q;+2;2*-1. The van der Waals surface area contributed by atoms with Gasteiger partial charge in [0.25, 0.3) is 0 Å². The maximum Gasteiger partial charge on any atom is 2.00 e. The zero-order valence-electron chi connectivity index (χ0n) is 10.6. The van der Waals surface area contributed by atoms with E-state index in [1.54, 1.807) is 14.2 Å². The van der Waals surface area contributed by atoms with Crippen molar-refractivity contribution in [2.45, 2.75) is 0 Å². The molecule has 0 rings (SSSR count). The predicted molar refractivity (Wildman–Crippen MR) is 53.4 cm³/mol. The van der Waals surface area contributed by atoms with Crippen LogP contribution < -0.4 is 0 Å². The summed E-state index contributed by atoms with van der Waals surface area (Å²) in [6.07, 6.45) is 0. The number of methoxy groups -OCH3 is 2. The molecular weight excluding hydrogens is 248 g/mol. The number of hydrogen-bond acceptors (Lipinski definition) is 4. The summed E-state index contributed by atoms with van der Waals surface area (Å²) in [6, 6.07) is 0. The van der Waals surface area contributed by atoms with Crippen molar-refractivity contribution in [3.63, 3.8) is 0 Å². The summed E-state index contributed by atoms with van der Waals surface area (Å²) >= 11 is 0. The van der Waals surface area contributed by atoms with E-state index in [4.69, 9.17) is 18.9 Å². The van der Waals surface area contributed by atoms with Gasteiger partial charge in [-0.25, -0.2) is 0 Å². The summed E-state index contributed by atoms with van der Waals surface area (Å²) < 4.78 is 19.9. The van der Waals surface area contributed by atoms with Crippen LogP contribution >= 0.6 is 0 Å². The Morgan fingerprint density at radius 2 is 1.00 bits per heavy atom. The van der Waals surface area contributed by atoms with E-state index in [9.17, 15) is 0 Å². The summed E-state index contributed by atoms with van der Waals surface area (Å²) in [5, 5.41) is 0. The van der Waals surface area contributed by atoms with E-state index in [1.807, 2.05) is 0 Å². The van der Waals surface area contributed by atoms with Gasteiger partial charge in [-0.05, 0) is 0 Å². The summed E-state index contributed by atoms with van der Waals surface area (Å²) in [5.74, 6) is 0. The first-order valence-corrected chi connectivity index (χ1v) is 4.05. The van der Waals surface area contributed by atoms with Crippen molar-refractivity contribution in [2.75, 3.05) is 53.9 Å². The Hall–Kier alpha value is 1.32. The second-order valence-electron chi connectivity index (χ2n) is 2.21. The minimum Gasteiger partial charge on any atom is -1.00 e. The molecule has 0 aliphatic carbocycles. The topological polar surface area (TPSA) is 36.9 Å². The van der Waals surface area contributed by atoms with Crippen LogP contribution in [0.15, 0.2) is 0 Å². The molecule has 0 amide bonds. The average molecular weight is 268 g/mol. The molecule has 0 fully saturated rings. The Kier molecular flexibility index (Phi) is 20.3. The van der Waals surface area contributed by atoms with Gasteiger partial charge in [-0.3, -0.25) is 0 Å². The van der Waals surface area contributed by atoms with E-state index in [2.05, 4.69) is 0 Å². The molecule has 0 aromatic rings. The molecule has 0 atom stereocenters. The van der Waals surface area contributed by atoms with Gasteiger partial charge in [0.05, 0.1) is 39.6 Å². The number of rotatable bonds is 9. The quantitative estimate of drug-likeness (QED) is 0.441. The van der Waals surface area contributed by atoms with Gasteiger partial charge >= 0.3 is 45.5 Å². The van der Waals surface area contributed by atoms with Gasteiger partial charge in [-0.1, -0.05) is 0 Å². The largest absolute Gasteiger partial charge is 2.00 e. The molecule has 0 saturated heterocycles. The van der Waals surface area contributed by atoms with E-state index >= 15 is 0 Å². The van der Waals surface area contributed by atoms with Crippen LogP contribution in [0.25, 0.3) is 0 Å². The van der Waals surface area contributed by atoms with Crippen molar-refractivity contribution in [2.24, 2.45) is 0 Å². The van der Waals surface area contributed by atoms with Crippen LogP contribution in [0.3, 0.4) is 0 Å². The second-order valence-corrected chi connectivity index (χ2v) is 2.21. The van der Waals surface area contributed by atoms with E-state index in [-0.39, 0.29) is 48.3 Å². The van der Waals surface area contributed by atoms with Crippen LogP contribution in [0.1, 0.15) is 2.85 Å². The molecule has 0 aliphatic heterocycles. The molecule has 0 N–H and O–H groups in total. The van der Waals surface area contributed by atoms with Gasteiger partial charge in [0.1, 0.15) is 0 Å². The van der Waals surface area contributed by atoms with Crippen LogP contribution in [0, 0.1) is 0 Å². The molecule has 0 aromatic heterocycles. The van der Waals surface area contributed by atoms with Crippen LogP contribution in [-0.2, 0) is 18.9 Å². The molecule has 78 valence electrons. The summed E-state index contributed by atoms with van der Waals surface area (Å²) in [7, 11) is 3.30. The van der Waals surface area contributed by atoms with Crippen LogP contribution in [-0.4, -0.2) is 99.3 Å². The van der Waals surface area contributed by atoms with Gasteiger partial charge in [-0.2, -0.15) is 0 Å². The summed E-state index contributed by atoms with van der Waals surface area (Å²) in [6.45, 7) is 3.77. The third kappa shape index (κ3) is 16.0. The molecule has 4 nitrogen and oxygen atoms in total. The average Bonchev–Trinajstić information content (AvgIpc) is 2.10. The predicted octanol–water partition coefficient (Wildman–Crippen LogP) is 0.157. The normalized spacial score (nSPS) is 9.69. The molecule has 13 heavy (non-hydrogen) atoms. The minimum absolute atomic E-state index is 0. The Labute approximate surface area is 120 Å². The molecular formula is C8H20O4Sr. The third-order valence-corrected chi connectivity index (χ3v) is 1.24. The minimum atomic E-state index is 0. The molecule has 0 aliphatic rings. The molecule has 0 bridgehead atoms. The Bertz CT molecular complexity index is 81.0. The van der Waals surface area contributed by atoms with Crippen molar-refractivity contribution in [1.29, 1.82) is 0 Å². The van der Waals surface area contributed by atoms with E-state index in [1.165, 1.54) is 0 Å². The van der Waals surface area contributed by atoms with E-state index in [0.29, 0.717) is 39.6 Å². The van der Waals surface area contributed by atoms with Crippen molar-refractivity contribution >= 4 is 45.5 Å².